The summed E-state index contributed by atoms with van der Waals surface area (Å²) < 4.78 is 68.5. The van der Waals surface area contributed by atoms with Crippen molar-refractivity contribution in [3.63, 3.8) is 0 Å². The highest BCUT2D eigenvalue weighted by Crippen LogP contribution is 2.45. The summed E-state index contributed by atoms with van der Waals surface area (Å²) >= 11 is 0. The van der Waals surface area contributed by atoms with Gasteiger partial charge < -0.3 is 33.8 Å². The van der Waals surface area contributed by atoms with Gasteiger partial charge in [-0.1, -0.05) is 337 Å². The number of ether oxygens (including phenoxy) is 4. The SMILES string of the molecule is CCCCCCCCCCCCC(=O)OC[C@H](COP(=O)(O)OC[C@H](O)COP(=O)(O)OC[C@@H](COC(=O)CCCCCCCCCCCCCCCC(C)C)OC(=O)CCCCCCCCCCCCCCCCCCC(C)C)OC(=O)CCCCCCCCCC(C)C. The Kier molecular flexibility index (Phi) is 65.2. The predicted octanol–water partition coefficient (Wildman–Crippen LogP) is 22.2. The number of phosphoric acid groups is 2. The van der Waals surface area contributed by atoms with Crippen LogP contribution in [0.2, 0.25) is 0 Å². The molecule has 17 nitrogen and oxygen atoms in total. The van der Waals surface area contributed by atoms with E-state index in [-0.39, 0.29) is 25.7 Å². The van der Waals surface area contributed by atoms with E-state index in [4.69, 9.17) is 37.0 Å². The number of rotatable bonds is 74. The van der Waals surface area contributed by atoms with Gasteiger partial charge >= 0.3 is 39.5 Å². The molecule has 0 saturated carbocycles. The first-order valence-electron chi connectivity index (χ1n) is 39.3. The Morgan fingerprint density at radius 3 is 0.716 bits per heavy atom. The van der Waals surface area contributed by atoms with E-state index in [0.717, 1.165) is 102 Å². The van der Waals surface area contributed by atoms with Gasteiger partial charge in [-0.3, -0.25) is 37.3 Å². The van der Waals surface area contributed by atoms with Gasteiger partial charge in [-0.15, -0.1) is 0 Å². The second-order valence-corrected chi connectivity index (χ2v) is 31.7. The molecule has 3 N–H and O–H groups in total. The third kappa shape index (κ3) is 70.3. The van der Waals surface area contributed by atoms with Crippen LogP contribution in [-0.2, 0) is 65.4 Å². The molecule has 0 aromatic heterocycles. The standard InChI is InChI=1S/C76H148O17P2/c1-8-9-10-11-12-13-29-36-43-50-57-73(78)86-64-72(93-76(81)60-53-46-39-32-35-42-49-56-69(6)7)66-91-95(84,85)89-62-70(77)61-88-94(82,83)90-65-71(63-87-74(79)58-51-44-37-30-25-22-18-20-24-28-34-41-48-55-68(4)5)92-75(80)59-52-45-38-31-26-21-17-15-14-16-19-23-27-33-40-47-54-67(2)3/h67-72,77H,8-66H2,1-7H3,(H,82,83)(H,84,85)/t70-,71-,72-/m1/s1. The van der Waals surface area contributed by atoms with E-state index in [0.29, 0.717) is 31.6 Å². The monoisotopic (exact) mass is 1400 g/mol. The van der Waals surface area contributed by atoms with Gasteiger partial charge in [-0.2, -0.15) is 0 Å². The van der Waals surface area contributed by atoms with Crippen LogP contribution in [0.15, 0.2) is 0 Å². The average molecular weight is 1400 g/mol. The first-order valence-corrected chi connectivity index (χ1v) is 42.3. The van der Waals surface area contributed by atoms with Crippen molar-refractivity contribution in [2.75, 3.05) is 39.6 Å². The van der Waals surface area contributed by atoms with Crippen LogP contribution in [0.3, 0.4) is 0 Å². The molecule has 0 aromatic carbocycles. The van der Waals surface area contributed by atoms with Crippen molar-refractivity contribution in [2.24, 2.45) is 17.8 Å². The number of hydrogen-bond acceptors (Lipinski definition) is 15. The molecule has 0 fully saturated rings. The zero-order valence-electron chi connectivity index (χ0n) is 62.1. The number of esters is 4. The molecule has 0 aromatic rings. The minimum absolute atomic E-state index is 0.104. The Balaban J connectivity index is 5.22. The number of unbranched alkanes of at least 4 members (excludes halogenated alkanes) is 42. The van der Waals surface area contributed by atoms with Crippen LogP contribution in [0, 0.1) is 17.8 Å². The number of carbonyl (C=O) groups excluding carboxylic acids is 4. The van der Waals surface area contributed by atoms with Gasteiger partial charge in [0.1, 0.15) is 19.3 Å². The van der Waals surface area contributed by atoms with E-state index in [2.05, 4.69) is 48.5 Å². The number of phosphoric ester groups is 2. The van der Waals surface area contributed by atoms with Crippen LogP contribution >= 0.6 is 15.6 Å². The summed E-state index contributed by atoms with van der Waals surface area (Å²) in [6, 6.07) is 0. The largest absolute Gasteiger partial charge is 0.472 e. The van der Waals surface area contributed by atoms with E-state index in [1.807, 2.05) is 0 Å². The second-order valence-electron chi connectivity index (χ2n) is 28.8. The highest BCUT2D eigenvalue weighted by atomic mass is 31.2. The summed E-state index contributed by atoms with van der Waals surface area (Å²) in [5.41, 5.74) is 0. The topological polar surface area (TPSA) is 237 Å². The molecular weight excluding hydrogens is 1250 g/mol. The molecule has 0 radical (unpaired) electrons. The van der Waals surface area contributed by atoms with Crippen molar-refractivity contribution in [1.82, 2.24) is 0 Å². The second kappa shape index (κ2) is 66.6. The van der Waals surface area contributed by atoms with Crippen molar-refractivity contribution in [3.05, 3.63) is 0 Å². The van der Waals surface area contributed by atoms with Crippen molar-refractivity contribution in [2.45, 2.75) is 407 Å². The van der Waals surface area contributed by atoms with Gasteiger partial charge in [0, 0.05) is 25.7 Å². The fraction of sp³-hybridized carbons (Fsp3) is 0.947. The molecule has 0 saturated heterocycles. The lowest BCUT2D eigenvalue weighted by molar-refractivity contribution is -0.161. The third-order valence-electron chi connectivity index (χ3n) is 17.6. The third-order valence-corrected chi connectivity index (χ3v) is 19.5. The van der Waals surface area contributed by atoms with Crippen LogP contribution < -0.4 is 0 Å². The van der Waals surface area contributed by atoms with Gasteiger partial charge in [-0.25, -0.2) is 9.13 Å². The summed E-state index contributed by atoms with van der Waals surface area (Å²) in [7, 11) is -9.91. The van der Waals surface area contributed by atoms with Crippen molar-refractivity contribution < 1.29 is 80.2 Å². The molecule has 2 unspecified atom stereocenters. The summed E-state index contributed by atoms with van der Waals surface area (Å²) in [6.07, 6.45) is 52.8. The smallest absolute Gasteiger partial charge is 0.462 e. The zero-order chi connectivity index (χ0) is 70.1. The normalized spacial score (nSPS) is 14.1. The molecule has 5 atom stereocenters. The zero-order valence-corrected chi connectivity index (χ0v) is 63.9. The predicted molar refractivity (Wildman–Crippen MR) is 386 cm³/mol. The molecule has 0 heterocycles. The molecule has 0 aliphatic carbocycles. The molecule has 19 heteroatoms. The van der Waals surface area contributed by atoms with Crippen LogP contribution in [0.25, 0.3) is 0 Å². The highest BCUT2D eigenvalue weighted by Gasteiger charge is 2.30. The van der Waals surface area contributed by atoms with E-state index < -0.39 is 97.5 Å². The maximum Gasteiger partial charge on any atom is 0.472 e. The molecule has 0 spiro atoms. The van der Waals surface area contributed by atoms with Crippen LogP contribution in [0.4, 0.5) is 0 Å². The van der Waals surface area contributed by atoms with Crippen molar-refractivity contribution in [3.8, 4) is 0 Å². The van der Waals surface area contributed by atoms with E-state index in [9.17, 15) is 43.2 Å². The van der Waals surface area contributed by atoms with Crippen LogP contribution in [0.1, 0.15) is 389 Å². The molecule has 0 bridgehead atoms. The van der Waals surface area contributed by atoms with E-state index in [1.54, 1.807) is 0 Å². The van der Waals surface area contributed by atoms with Gasteiger partial charge in [0.2, 0.25) is 0 Å². The Bertz CT molecular complexity index is 1850. The van der Waals surface area contributed by atoms with Crippen LogP contribution in [-0.4, -0.2) is 96.7 Å². The number of aliphatic hydroxyl groups excluding tert-OH is 1. The quantitative estimate of drug-likeness (QED) is 0.0222. The van der Waals surface area contributed by atoms with Gasteiger partial charge in [0.05, 0.1) is 26.4 Å². The highest BCUT2D eigenvalue weighted by molar-refractivity contribution is 7.47. The van der Waals surface area contributed by atoms with Crippen molar-refractivity contribution >= 4 is 39.5 Å². The summed E-state index contributed by atoms with van der Waals surface area (Å²) in [6.45, 7) is 11.9. The fourth-order valence-electron chi connectivity index (χ4n) is 11.6. The minimum Gasteiger partial charge on any atom is -0.462 e. The first kappa shape index (κ1) is 93.1. The minimum atomic E-state index is -4.96. The summed E-state index contributed by atoms with van der Waals surface area (Å²) in [5, 5.41) is 10.6. The molecular formula is C76H148O17P2. The maximum absolute atomic E-state index is 13.1. The average Bonchev–Trinajstić information content (AvgIpc) is 1.50. The maximum atomic E-state index is 13.1. The molecule has 0 aliphatic rings. The Labute approximate surface area is 581 Å². The number of aliphatic hydroxyl groups is 1. The molecule has 0 rings (SSSR count). The molecule has 564 valence electrons. The molecule has 0 aliphatic heterocycles. The van der Waals surface area contributed by atoms with Gasteiger partial charge in [0.15, 0.2) is 12.2 Å². The Morgan fingerprint density at radius 2 is 0.484 bits per heavy atom. The number of carbonyl (C=O) groups is 4. The lowest BCUT2D eigenvalue weighted by atomic mass is 10.0. The van der Waals surface area contributed by atoms with Gasteiger partial charge in [0.25, 0.3) is 0 Å². The van der Waals surface area contributed by atoms with Gasteiger partial charge in [-0.05, 0) is 43.4 Å². The van der Waals surface area contributed by atoms with Crippen LogP contribution in [0.5, 0.6) is 0 Å². The molecule has 95 heavy (non-hydrogen) atoms. The Morgan fingerprint density at radius 1 is 0.284 bits per heavy atom. The van der Waals surface area contributed by atoms with Crippen molar-refractivity contribution in [1.29, 1.82) is 0 Å². The lowest BCUT2D eigenvalue weighted by Gasteiger charge is -2.21. The number of hydrogen-bond donors (Lipinski definition) is 3. The summed E-state index contributed by atoms with van der Waals surface area (Å²) in [4.78, 5) is 72.7. The van der Waals surface area contributed by atoms with E-state index >= 15 is 0 Å². The lowest BCUT2D eigenvalue weighted by Crippen LogP contribution is -2.30. The van der Waals surface area contributed by atoms with E-state index in [1.165, 1.54) is 199 Å². The molecule has 0 amide bonds. The Hall–Kier alpha value is -1.94. The fourth-order valence-corrected chi connectivity index (χ4v) is 13.2. The first-order chi connectivity index (χ1) is 45.7. The summed E-state index contributed by atoms with van der Waals surface area (Å²) in [5.74, 6) is 0.176.